The molecule has 2 atom stereocenters. The topological polar surface area (TPSA) is 44.7 Å². The van der Waals surface area contributed by atoms with Crippen molar-refractivity contribution in [3.63, 3.8) is 0 Å². The van der Waals surface area contributed by atoms with Crippen LogP contribution in [0.2, 0.25) is 0 Å². The number of ether oxygens (including phenoxy) is 1. The molecule has 0 unspecified atom stereocenters. The largest absolute Gasteiger partial charge is 0.428 e. The van der Waals surface area contributed by atoms with Crippen molar-refractivity contribution in [2.45, 2.75) is 68.7 Å². The Bertz CT molecular complexity index is 666. The van der Waals surface area contributed by atoms with Crippen LogP contribution in [-0.4, -0.2) is 42.0 Å². The Morgan fingerprint density at radius 2 is 2.00 bits per heavy atom. The summed E-state index contributed by atoms with van der Waals surface area (Å²) in [5, 5.41) is 12.5. The number of fused-ring (bicyclic) bond motifs is 1. The van der Waals surface area contributed by atoms with Crippen LogP contribution in [0.3, 0.4) is 0 Å². The Morgan fingerprint density at radius 1 is 1.23 bits per heavy atom. The highest BCUT2D eigenvalue weighted by Gasteiger charge is 2.48. The molecule has 4 nitrogen and oxygen atoms in total. The molecule has 2 aliphatic carbocycles. The highest BCUT2D eigenvalue weighted by Crippen LogP contribution is 2.42. The van der Waals surface area contributed by atoms with Crippen LogP contribution in [0.5, 0.6) is 5.75 Å². The maximum atomic E-state index is 14.4. The second-order valence-electron chi connectivity index (χ2n) is 7.88. The van der Waals surface area contributed by atoms with Gasteiger partial charge in [0, 0.05) is 35.9 Å². The molecule has 1 aliphatic heterocycles. The van der Waals surface area contributed by atoms with E-state index in [0.717, 1.165) is 38.6 Å². The van der Waals surface area contributed by atoms with Crippen LogP contribution in [0, 0.1) is 5.82 Å². The third-order valence-electron chi connectivity index (χ3n) is 6.10. The predicted octanol–water partition coefficient (Wildman–Crippen LogP) is 3.43. The number of aliphatic hydroxyl groups excluding tert-OH is 1. The second kappa shape index (κ2) is 6.60. The van der Waals surface area contributed by atoms with E-state index in [9.17, 15) is 13.2 Å². The summed E-state index contributed by atoms with van der Waals surface area (Å²) in [4.78, 5) is 2.26. The SMILES string of the molecule is OCC(F)(F)Oc1ccc(N2CC3(CCC3)N[C@H]3CCCC[C@@H]32)cc1F. The van der Waals surface area contributed by atoms with Gasteiger partial charge in [-0.25, -0.2) is 4.39 Å². The average Bonchev–Trinajstić information content (AvgIpc) is 2.61. The second-order valence-corrected chi connectivity index (χ2v) is 7.88. The maximum absolute atomic E-state index is 14.4. The summed E-state index contributed by atoms with van der Waals surface area (Å²) in [6.45, 7) is -0.668. The van der Waals surface area contributed by atoms with Crippen molar-refractivity contribution in [2.24, 2.45) is 0 Å². The summed E-state index contributed by atoms with van der Waals surface area (Å²) in [5.41, 5.74) is 0.820. The van der Waals surface area contributed by atoms with E-state index in [2.05, 4.69) is 15.0 Å². The van der Waals surface area contributed by atoms with Gasteiger partial charge in [0.1, 0.15) is 6.61 Å². The third kappa shape index (κ3) is 3.27. The van der Waals surface area contributed by atoms with Gasteiger partial charge in [0.2, 0.25) is 0 Å². The van der Waals surface area contributed by atoms with E-state index >= 15 is 0 Å². The minimum atomic E-state index is -3.79. The number of rotatable bonds is 4. The molecule has 2 N–H and O–H groups in total. The zero-order valence-corrected chi connectivity index (χ0v) is 14.7. The molecule has 1 heterocycles. The fourth-order valence-electron chi connectivity index (χ4n) is 4.67. The molecule has 26 heavy (non-hydrogen) atoms. The third-order valence-corrected chi connectivity index (χ3v) is 6.10. The lowest BCUT2D eigenvalue weighted by atomic mass is 9.71. The first kappa shape index (κ1) is 17.9. The molecule has 0 radical (unpaired) electrons. The molecule has 1 spiro atoms. The lowest BCUT2D eigenvalue weighted by Crippen LogP contribution is -2.72. The summed E-state index contributed by atoms with van der Waals surface area (Å²) >= 11 is 0. The van der Waals surface area contributed by atoms with Gasteiger partial charge in [-0.05, 0) is 44.2 Å². The molecule has 1 saturated heterocycles. The number of benzene rings is 1. The van der Waals surface area contributed by atoms with Gasteiger partial charge in [0.25, 0.3) is 0 Å². The summed E-state index contributed by atoms with van der Waals surface area (Å²) < 4.78 is 45.1. The highest BCUT2D eigenvalue weighted by molar-refractivity contribution is 5.52. The van der Waals surface area contributed by atoms with Crippen molar-refractivity contribution >= 4 is 5.69 Å². The first-order valence-electron chi connectivity index (χ1n) is 9.43. The van der Waals surface area contributed by atoms with Gasteiger partial charge in [0.05, 0.1) is 0 Å². The van der Waals surface area contributed by atoms with Crippen molar-refractivity contribution in [3.8, 4) is 5.75 Å². The monoisotopic (exact) mass is 370 g/mol. The highest BCUT2D eigenvalue weighted by atomic mass is 19.3. The molecule has 4 rings (SSSR count). The Kier molecular flexibility index (Phi) is 4.55. The van der Waals surface area contributed by atoms with Crippen molar-refractivity contribution in [2.75, 3.05) is 18.1 Å². The fourth-order valence-corrected chi connectivity index (χ4v) is 4.67. The van der Waals surface area contributed by atoms with Crippen molar-refractivity contribution < 1.29 is 23.0 Å². The maximum Gasteiger partial charge on any atom is 0.421 e. The molecule has 1 aromatic rings. The Balaban J connectivity index is 1.59. The number of aliphatic hydroxyl groups is 1. The number of hydrogen-bond donors (Lipinski definition) is 2. The first-order valence-corrected chi connectivity index (χ1v) is 9.43. The van der Waals surface area contributed by atoms with Crippen molar-refractivity contribution in [1.29, 1.82) is 0 Å². The standard InChI is InChI=1S/C19H25F3N2O2/c20-14-10-13(6-7-17(14)26-19(21,22)12-25)24-11-18(8-3-9-18)23-15-4-1-2-5-16(15)24/h6-7,10,15-16,23,25H,1-5,8-9,11-12H2/t15-,16-/m0/s1. The van der Waals surface area contributed by atoms with Gasteiger partial charge in [-0.2, -0.15) is 8.78 Å². The Morgan fingerprint density at radius 3 is 2.65 bits per heavy atom. The van der Waals surface area contributed by atoms with E-state index in [1.54, 1.807) is 6.07 Å². The van der Waals surface area contributed by atoms with Gasteiger partial charge in [-0.1, -0.05) is 12.8 Å². The molecule has 7 heteroatoms. The number of piperazine rings is 1. The van der Waals surface area contributed by atoms with Crippen LogP contribution < -0.4 is 15.0 Å². The van der Waals surface area contributed by atoms with Crippen molar-refractivity contribution in [3.05, 3.63) is 24.0 Å². The quantitative estimate of drug-likeness (QED) is 0.852. The van der Waals surface area contributed by atoms with Crippen LogP contribution in [0.15, 0.2) is 18.2 Å². The molecule has 3 aliphatic rings. The zero-order valence-electron chi connectivity index (χ0n) is 14.7. The minimum Gasteiger partial charge on any atom is -0.428 e. The molecule has 0 aromatic heterocycles. The zero-order chi connectivity index (χ0) is 18.4. The van der Waals surface area contributed by atoms with Crippen LogP contribution >= 0.6 is 0 Å². The molecule has 144 valence electrons. The number of hydrogen-bond acceptors (Lipinski definition) is 4. The van der Waals surface area contributed by atoms with Crippen LogP contribution in [-0.2, 0) is 0 Å². The van der Waals surface area contributed by atoms with Crippen molar-refractivity contribution in [1.82, 2.24) is 5.32 Å². The Hall–Kier alpha value is -1.47. The Labute approximate surface area is 151 Å². The first-order chi connectivity index (χ1) is 12.4. The van der Waals surface area contributed by atoms with E-state index < -0.39 is 24.3 Å². The van der Waals surface area contributed by atoms with Crippen LogP contribution in [0.4, 0.5) is 18.9 Å². The van der Waals surface area contributed by atoms with E-state index in [1.807, 2.05) is 0 Å². The molecular formula is C19H25F3N2O2. The lowest BCUT2D eigenvalue weighted by Gasteiger charge is -2.58. The minimum absolute atomic E-state index is 0.105. The number of anilines is 1. The summed E-state index contributed by atoms with van der Waals surface area (Å²) in [7, 11) is 0. The molecule has 2 saturated carbocycles. The normalized spacial score (nSPS) is 27.8. The van der Waals surface area contributed by atoms with E-state index in [-0.39, 0.29) is 5.54 Å². The molecule has 0 amide bonds. The average molecular weight is 370 g/mol. The number of nitrogens with one attached hydrogen (secondary N) is 1. The van der Waals surface area contributed by atoms with Crippen LogP contribution in [0.25, 0.3) is 0 Å². The molecular weight excluding hydrogens is 345 g/mol. The van der Waals surface area contributed by atoms with Gasteiger partial charge in [-0.15, -0.1) is 0 Å². The molecule has 3 fully saturated rings. The summed E-state index contributed by atoms with van der Waals surface area (Å²) in [6.07, 6.45) is 4.19. The molecule has 0 bridgehead atoms. The van der Waals surface area contributed by atoms with Gasteiger partial charge < -0.3 is 20.1 Å². The number of alkyl halides is 2. The van der Waals surface area contributed by atoms with Gasteiger partial charge >= 0.3 is 6.11 Å². The van der Waals surface area contributed by atoms with Crippen LogP contribution in [0.1, 0.15) is 44.9 Å². The van der Waals surface area contributed by atoms with Gasteiger partial charge in [0.15, 0.2) is 11.6 Å². The summed E-state index contributed by atoms with van der Waals surface area (Å²) in [5.74, 6) is -1.37. The van der Waals surface area contributed by atoms with E-state index in [4.69, 9.17) is 5.11 Å². The smallest absolute Gasteiger partial charge is 0.421 e. The van der Waals surface area contributed by atoms with Gasteiger partial charge in [-0.3, -0.25) is 0 Å². The van der Waals surface area contributed by atoms with E-state index in [0.29, 0.717) is 17.8 Å². The lowest BCUT2D eigenvalue weighted by molar-refractivity contribution is -0.202. The van der Waals surface area contributed by atoms with E-state index in [1.165, 1.54) is 25.0 Å². The molecule has 1 aromatic carbocycles. The summed E-state index contributed by atoms with van der Waals surface area (Å²) in [6, 6.07) is 4.87. The predicted molar refractivity (Wildman–Crippen MR) is 92.2 cm³/mol. The fraction of sp³-hybridized carbons (Fsp3) is 0.684. The number of halogens is 3. The number of nitrogens with zero attached hydrogens (tertiary/aromatic N) is 1.